The topological polar surface area (TPSA) is 62.6 Å². The Labute approximate surface area is 106 Å². The smallest absolute Gasteiger partial charge is 0.399 e. The Balaban J connectivity index is 2.15. The third kappa shape index (κ3) is 2.28. The number of aromatic nitrogens is 2. The van der Waals surface area contributed by atoms with Crippen LogP contribution in [0.5, 0.6) is 0 Å². The number of nitrogens with zero attached hydrogens (tertiary/aromatic N) is 2. The first kappa shape index (κ1) is 13.1. The molecule has 18 heavy (non-hydrogen) atoms. The largest absolute Gasteiger partial charge is 0.498 e. The van der Waals surface area contributed by atoms with E-state index < -0.39 is 24.3 Å². The first-order valence-corrected chi connectivity index (χ1v) is 5.80. The lowest BCUT2D eigenvalue weighted by Gasteiger charge is -2.32. The first-order chi connectivity index (χ1) is 8.21. The molecule has 2 rings (SSSR count). The molecular weight excluding hydrogens is 235 g/mol. The van der Waals surface area contributed by atoms with Crippen LogP contribution in [0, 0.1) is 0 Å². The molecule has 0 saturated carbocycles. The minimum absolute atomic E-state index is 0.402. The van der Waals surface area contributed by atoms with E-state index in [-0.39, 0.29) is 0 Å². The van der Waals surface area contributed by atoms with E-state index in [0.717, 1.165) is 10.3 Å². The predicted octanol–water partition coefficient (Wildman–Crippen LogP) is 0.157. The Bertz CT molecular complexity index is 453. The van der Waals surface area contributed by atoms with Crippen LogP contribution in [0.4, 0.5) is 0 Å². The zero-order valence-corrected chi connectivity index (χ0v) is 11.3. The molecule has 0 radical (unpaired) electrons. The molecule has 0 atom stereocenters. The number of hydrogen-bond acceptors (Lipinski definition) is 5. The lowest BCUT2D eigenvalue weighted by atomic mass is 9.82. The van der Waals surface area contributed by atoms with Crippen LogP contribution in [0.25, 0.3) is 0 Å². The molecule has 1 aliphatic rings. The van der Waals surface area contributed by atoms with Crippen molar-refractivity contribution in [1.82, 2.24) is 9.94 Å². The van der Waals surface area contributed by atoms with Gasteiger partial charge in [-0.05, 0) is 27.7 Å². The van der Waals surface area contributed by atoms with Crippen molar-refractivity contribution >= 4 is 18.6 Å². The summed E-state index contributed by atoms with van der Waals surface area (Å²) in [7, 11) is -0.501. The van der Waals surface area contributed by atoms with Gasteiger partial charge in [-0.25, -0.2) is 4.79 Å². The standard InChI is InChI=1S/C11H17BN2O4/c1-8(15)16-14-7-9(6-13-14)12-17-10(2,3)11(4,5)18-12/h6-7H,1-5H3. The van der Waals surface area contributed by atoms with Crippen molar-refractivity contribution in [3.05, 3.63) is 12.4 Å². The van der Waals surface area contributed by atoms with Crippen LogP contribution in [0.2, 0.25) is 0 Å². The molecule has 0 amide bonds. The zero-order chi connectivity index (χ0) is 13.6. The highest BCUT2D eigenvalue weighted by molar-refractivity contribution is 6.61. The highest BCUT2D eigenvalue weighted by Gasteiger charge is 2.52. The molecule has 7 heteroatoms. The zero-order valence-electron chi connectivity index (χ0n) is 11.3. The lowest BCUT2D eigenvalue weighted by Crippen LogP contribution is -2.41. The van der Waals surface area contributed by atoms with Gasteiger partial charge in [-0.15, -0.1) is 5.10 Å². The molecule has 0 spiro atoms. The Hall–Kier alpha value is -1.34. The van der Waals surface area contributed by atoms with Crippen LogP contribution in [0.1, 0.15) is 34.6 Å². The number of hydrogen-bond donors (Lipinski definition) is 0. The molecule has 2 heterocycles. The van der Waals surface area contributed by atoms with E-state index >= 15 is 0 Å². The van der Waals surface area contributed by atoms with Crippen molar-refractivity contribution in [2.24, 2.45) is 0 Å². The second-order valence-corrected chi connectivity index (χ2v) is 5.35. The van der Waals surface area contributed by atoms with Crippen LogP contribution in [-0.4, -0.2) is 34.2 Å². The lowest BCUT2D eigenvalue weighted by molar-refractivity contribution is -0.143. The summed E-state index contributed by atoms with van der Waals surface area (Å²) in [5.74, 6) is -0.432. The van der Waals surface area contributed by atoms with Gasteiger partial charge in [0.1, 0.15) is 0 Å². The van der Waals surface area contributed by atoms with E-state index in [1.807, 2.05) is 27.7 Å². The van der Waals surface area contributed by atoms with Gasteiger partial charge < -0.3 is 14.1 Å². The number of rotatable bonds is 2. The molecule has 98 valence electrons. The molecule has 0 bridgehead atoms. The average molecular weight is 252 g/mol. The summed E-state index contributed by atoms with van der Waals surface area (Å²) in [4.78, 5) is 16.7. The van der Waals surface area contributed by atoms with Crippen molar-refractivity contribution in [1.29, 1.82) is 0 Å². The van der Waals surface area contributed by atoms with Crippen LogP contribution in [0.3, 0.4) is 0 Å². The van der Waals surface area contributed by atoms with Gasteiger partial charge in [0.05, 0.1) is 23.6 Å². The maximum atomic E-state index is 10.8. The Morgan fingerprint density at radius 2 is 1.89 bits per heavy atom. The van der Waals surface area contributed by atoms with Crippen molar-refractivity contribution in [2.75, 3.05) is 0 Å². The van der Waals surface area contributed by atoms with E-state index in [2.05, 4.69) is 5.10 Å². The minimum atomic E-state index is -0.501. The van der Waals surface area contributed by atoms with Gasteiger partial charge in [0.2, 0.25) is 0 Å². The molecule has 0 N–H and O–H groups in total. The third-order valence-corrected chi connectivity index (χ3v) is 3.33. The van der Waals surface area contributed by atoms with Gasteiger partial charge in [0, 0.05) is 12.4 Å². The monoisotopic (exact) mass is 252 g/mol. The van der Waals surface area contributed by atoms with Crippen LogP contribution >= 0.6 is 0 Å². The predicted molar refractivity (Wildman–Crippen MR) is 65.2 cm³/mol. The van der Waals surface area contributed by atoms with Gasteiger partial charge in [-0.2, -0.15) is 0 Å². The molecule has 1 fully saturated rings. The van der Waals surface area contributed by atoms with Crippen LogP contribution in [0.15, 0.2) is 12.4 Å². The van der Waals surface area contributed by atoms with Crippen molar-refractivity contribution in [3.8, 4) is 0 Å². The molecule has 1 aliphatic heterocycles. The van der Waals surface area contributed by atoms with Gasteiger partial charge in [0.15, 0.2) is 0 Å². The van der Waals surface area contributed by atoms with Crippen molar-refractivity contribution < 1.29 is 18.9 Å². The summed E-state index contributed by atoms with van der Waals surface area (Å²) < 4.78 is 11.7. The summed E-state index contributed by atoms with van der Waals surface area (Å²) in [5, 5.41) is 3.91. The van der Waals surface area contributed by atoms with E-state index in [0.29, 0.717) is 0 Å². The highest BCUT2D eigenvalue weighted by atomic mass is 16.7. The van der Waals surface area contributed by atoms with Crippen molar-refractivity contribution in [2.45, 2.75) is 45.8 Å². The van der Waals surface area contributed by atoms with Crippen LogP contribution in [-0.2, 0) is 14.1 Å². The Morgan fingerprint density at radius 3 is 2.39 bits per heavy atom. The molecule has 1 saturated heterocycles. The maximum absolute atomic E-state index is 10.8. The van der Waals surface area contributed by atoms with E-state index in [9.17, 15) is 4.79 Å². The highest BCUT2D eigenvalue weighted by Crippen LogP contribution is 2.36. The van der Waals surface area contributed by atoms with Gasteiger partial charge >= 0.3 is 13.1 Å². The molecule has 1 aromatic heterocycles. The summed E-state index contributed by atoms with van der Waals surface area (Å²) in [5.41, 5.74) is -0.0857. The molecule has 6 nitrogen and oxygen atoms in total. The fraction of sp³-hybridized carbons (Fsp3) is 0.636. The SMILES string of the molecule is CC(=O)On1cc(B2OC(C)(C)C(C)(C)O2)cn1. The van der Waals surface area contributed by atoms with Crippen LogP contribution < -0.4 is 10.3 Å². The maximum Gasteiger partial charge on any atom is 0.498 e. The van der Waals surface area contributed by atoms with Crippen molar-refractivity contribution in [3.63, 3.8) is 0 Å². The van der Waals surface area contributed by atoms with Gasteiger partial charge in [0.25, 0.3) is 0 Å². The quantitative estimate of drug-likeness (QED) is 0.701. The Morgan fingerprint density at radius 1 is 1.33 bits per heavy atom. The molecule has 1 aromatic rings. The fourth-order valence-corrected chi connectivity index (χ4v) is 1.60. The molecule has 0 aliphatic carbocycles. The summed E-state index contributed by atoms with van der Waals surface area (Å²) in [6.45, 7) is 9.22. The summed E-state index contributed by atoms with van der Waals surface area (Å²) >= 11 is 0. The molecule has 0 unspecified atom stereocenters. The second kappa shape index (κ2) is 4.10. The third-order valence-electron chi connectivity index (χ3n) is 3.33. The first-order valence-electron chi connectivity index (χ1n) is 5.80. The molecule has 0 aromatic carbocycles. The Kier molecular flexibility index (Phi) is 2.99. The van der Waals surface area contributed by atoms with E-state index in [1.54, 1.807) is 12.4 Å². The number of carbonyl (C=O) groups excluding carboxylic acids is 1. The normalized spacial score (nSPS) is 21.1. The van der Waals surface area contributed by atoms with Gasteiger partial charge in [-0.3, -0.25) is 0 Å². The molecular formula is C11H17BN2O4. The fourth-order valence-electron chi connectivity index (χ4n) is 1.60. The second-order valence-electron chi connectivity index (χ2n) is 5.35. The number of carbonyl (C=O) groups is 1. The van der Waals surface area contributed by atoms with Gasteiger partial charge in [-0.1, -0.05) is 4.85 Å². The minimum Gasteiger partial charge on any atom is -0.399 e. The average Bonchev–Trinajstić information content (AvgIpc) is 2.70. The summed E-state index contributed by atoms with van der Waals surface area (Å²) in [6.07, 6.45) is 3.13. The summed E-state index contributed by atoms with van der Waals surface area (Å²) in [6, 6.07) is 0. The van der Waals surface area contributed by atoms with E-state index in [1.165, 1.54) is 6.92 Å². The van der Waals surface area contributed by atoms with E-state index in [4.69, 9.17) is 14.1 Å².